The topological polar surface area (TPSA) is 103 Å². The van der Waals surface area contributed by atoms with E-state index < -0.39 is 11.9 Å². The van der Waals surface area contributed by atoms with Crippen LogP contribution in [-0.4, -0.2) is 22.1 Å². The second-order valence-electron chi connectivity index (χ2n) is 5.68. The fourth-order valence-corrected chi connectivity index (χ4v) is 2.94. The number of rotatable bonds is 4. The first-order valence-corrected chi connectivity index (χ1v) is 8.10. The normalized spacial score (nSPS) is 16.9. The van der Waals surface area contributed by atoms with E-state index >= 15 is 0 Å². The van der Waals surface area contributed by atoms with Gasteiger partial charge in [0.1, 0.15) is 17.4 Å². The number of nitrogens with zero attached hydrogens (tertiary/aromatic N) is 3. The maximum absolute atomic E-state index is 12.5. The molecule has 7 heteroatoms. The number of carbonyl (C=O) groups excluding carboxylic acids is 1. The van der Waals surface area contributed by atoms with Gasteiger partial charge in [0.05, 0.1) is 24.4 Å². The van der Waals surface area contributed by atoms with Crippen LogP contribution >= 0.6 is 0 Å². The van der Waals surface area contributed by atoms with E-state index in [1.54, 1.807) is 26.4 Å². The summed E-state index contributed by atoms with van der Waals surface area (Å²) in [6.07, 6.45) is 5.21. The highest BCUT2D eigenvalue weighted by molar-refractivity contribution is 5.92. The van der Waals surface area contributed by atoms with Crippen LogP contribution in [0.3, 0.4) is 0 Å². The molecule has 7 nitrogen and oxygen atoms in total. The maximum atomic E-state index is 12.5. The number of nitriles is 1. The molecular formula is C19H18N4O3. The van der Waals surface area contributed by atoms with Crippen molar-refractivity contribution in [3.05, 3.63) is 71.3 Å². The van der Waals surface area contributed by atoms with Crippen LogP contribution in [0.4, 0.5) is 0 Å². The molecule has 3 rings (SSSR count). The van der Waals surface area contributed by atoms with Crippen LogP contribution < -0.4 is 5.73 Å². The monoisotopic (exact) mass is 350 g/mol. The van der Waals surface area contributed by atoms with E-state index in [9.17, 15) is 10.1 Å². The van der Waals surface area contributed by atoms with E-state index in [4.69, 9.17) is 15.2 Å². The summed E-state index contributed by atoms with van der Waals surface area (Å²) in [6, 6.07) is 9.53. The fraction of sp³-hybridized carbons (Fsp3) is 0.211. The number of aromatic nitrogens is 2. The molecule has 2 aromatic rings. The van der Waals surface area contributed by atoms with E-state index in [0.717, 1.165) is 11.3 Å². The SMILES string of the molecule is CCOC(=O)C1=C(C)OC(N)=C(C#N)C1c1ccc(-n2ccnc2)cc1. The zero-order valence-electron chi connectivity index (χ0n) is 14.5. The lowest BCUT2D eigenvalue weighted by Gasteiger charge is -2.27. The Morgan fingerprint density at radius 1 is 1.42 bits per heavy atom. The van der Waals surface area contributed by atoms with Crippen molar-refractivity contribution in [3.8, 4) is 11.8 Å². The minimum Gasteiger partial charge on any atom is -0.463 e. The largest absolute Gasteiger partial charge is 0.463 e. The van der Waals surface area contributed by atoms with Gasteiger partial charge in [0.2, 0.25) is 5.88 Å². The van der Waals surface area contributed by atoms with Gasteiger partial charge in [-0.25, -0.2) is 9.78 Å². The first-order chi connectivity index (χ1) is 12.6. The molecule has 26 heavy (non-hydrogen) atoms. The van der Waals surface area contributed by atoms with Gasteiger partial charge in [-0.15, -0.1) is 0 Å². The van der Waals surface area contributed by atoms with Crippen LogP contribution in [0.2, 0.25) is 0 Å². The number of esters is 1. The number of hydrogen-bond donors (Lipinski definition) is 1. The van der Waals surface area contributed by atoms with Crippen molar-refractivity contribution >= 4 is 5.97 Å². The number of nitrogens with two attached hydrogens (primary N) is 1. The Kier molecular flexibility index (Phi) is 4.76. The molecule has 1 aliphatic heterocycles. The Hall–Kier alpha value is -3.53. The third-order valence-corrected chi connectivity index (χ3v) is 4.13. The molecule has 0 saturated carbocycles. The smallest absolute Gasteiger partial charge is 0.338 e. The van der Waals surface area contributed by atoms with E-state index in [0.29, 0.717) is 5.76 Å². The van der Waals surface area contributed by atoms with Gasteiger partial charge in [0, 0.05) is 18.1 Å². The van der Waals surface area contributed by atoms with E-state index in [2.05, 4.69) is 11.1 Å². The summed E-state index contributed by atoms with van der Waals surface area (Å²) in [5, 5.41) is 9.56. The van der Waals surface area contributed by atoms with Gasteiger partial charge in [0.15, 0.2) is 0 Å². The summed E-state index contributed by atoms with van der Waals surface area (Å²) in [6.45, 7) is 3.59. The Morgan fingerprint density at radius 2 is 2.15 bits per heavy atom. The second-order valence-corrected chi connectivity index (χ2v) is 5.68. The zero-order valence-corrected chi connectivity index (χ0v) is 14.5. The van der Waals surface area contributed by atoms with Gasteiger partial charge < -0.3 is 19.8 Å². The lowest BCUT2D eigenvalue weighted by atomic mass is 9.83. The quantitative estimate of drug-likeness (QED) is 0.850. The van der Waals surface area contributed by atoms with Crippen LogP contribution in [0.5, 0.6) is 0 Å². The van der Waals surface area contributed by atoms with Crippen molar-refractivity contribution in [2.75, 3.05) is 6.61 Å². The van der Waals surface area contributed by atoms with Crippen LogP contribution in [-0.2, 0) is 14.3 Å². The van der Waals surface area contributed by atoms with Gasteiger partial charge in [-0.05, 0) is 31.5 Å². The van der Waals surface area contributed by atoms with Crippen LogP contribution in [0.1, 0.15) is 25.3 Å². The van der Waals surface area contributed by atoms with Gasteiger partial charge in [-0.2, -0.15) is 5.26 Å². The summed E-state index contributed by atoms with van der Waals surface area (Å²) in [5.41, 5.74) is 8.02. The molecule has 132 valence electrons. The zero-order chi connectivity index (χ0) is 18.7. The Labute approximate surface area is 151 Å². The molecule has 0 amide bonds. The van der Waals surface area contributed by atoms with Crippen molar-refractivity contribution in [1.29, 1.82) is 5.26 Å². The van der Waals surface area contributed by atoms with E-state index in [1.807, 2.05) is 35.0 Å². The molecule has 2 heterocycles. The molecule has 0 aliphatic carbocycles. The molecule has 1 aromatic heterocycles. The lowest BCUT2D eigenvalue weighted by Crippen LogP contribution is -2.25. The van der Waals surface area contributed by atoms with E-state index in [-0.39, 0.29) is 23.6 Å². The third-order valence-electron chi connectivity index (χ3n) is 4.13. The highest BCUT2D eigenvalue weighted by Gasteiger charge is 2.36. The highest BCUT2D eigenvalue weighted by atomic mass is 16.5. The molecule has 0 bridgehead atoms. The number of hydrogen-bond acceptors (Lipinski definition) is 6. The average Bonchev–Trinajstić information content (AvgIpc) is 3.16. The second kappa shape index (κ2) is 7.15. The molecule has 0 saturated heterocycles. The molecule has 0 spiro atoms. The molecule has 1 unspecified atom stereocenters. The molecule has 2 N–H and O–H groups in total. The Bertz CT molecular complexity index is 919. The van der Waals surface area contributed by atoms with Gasteiger partial charge in [0.25, 0.3) is 0 Å². The van der Waals surface area contributed by atoms with Gasteiger partial charge in [-0.3, -0.25) is 0 Å². The number of benzene rings is 1. The van der Waals surface area contributed by atoms with Crippen LogP contribution in [0.25, 0.3) is 5.69 Å². The fourth-order valence-electron chi connectivity index (χ4n) is 2.94. The minimum absolute atomic E-state index is 0.00161. The van der Waals surface area contributed by atoms with E-state index in [1.165, 1.54) is 0 Å². The molecular weight excluding hydrogens is 332 g/mol. The summed E-state index contributed by atoms with van der Waals surface area (Å²) in [5.74, 6) is -0.816. The Balaban J connectivity index is 2.06. The predicted octanol–water partition coefficient (Wildman–Crippen LogP) is 2.52. The first kappa shape index (κ1) is 17.3. The number of ether oxygens (including phenoxy) is 2. The van der Waals surface area contributed by atoms with Crippen molar-refractivity contribution in [2.45, 2.75) is 19.8 Å². The molecule has 1 aromatic carbocycles. The van der Waals surface area contributed by atoms with Crippen molar-refractivity contribution in [1.82, 2.24) is 9.55 Å². The number of carbonyl (C=O) groups is 1. The molecule has 0 radical (unpaired) electrons. The van der Waals surface area contributed by atoms with Crippen molar-refractivity contribution < 1.29 is 14.3 Å². The van der Waals surface area contributed by atoms with Crippen LogP contribution in [0.15, 0.2) is 65.8 Å². The number of imidazole rings is 1. The summed E-state index contributed by atoms with van der Waals surface area (Å²) >= 11 is 0. The average molecular weight is 350 g/mol. The molecule has 1 atom stereocenters. The summed E-state index contributed by atoms with van der Waals surface area (Å²) < 4.78 is 12.4. The Morgan fingerprint density at radius 3 is 2.73 bits per heavy atom. The molecule has 1 aliphatic rings. The van der Waals surface area contributed by atoms with Crippen molar-refractivity contribution in [2.24, 2.45) is 5.73 Å². The lowest BCUT2D eigenvalue weighted by molar-refractivity contribution is -0.139. The summed E-state index contributed by atoms with van der Waals surface area (Å²) in [7, 11) is 0. The number of allylic oxidation sites excluding steroid dienone is 2. The molecule has 0 fully saturated rings. The predicted molar refractivity (Wildman–Crippen MR) is 93.5 cm³/mol. The van der Waals surface area contributed by atoms with Gasteiger partial charge >= 0.3 is 5.97 Å². The minimum atomic E-state index is -0.635. The maximum Gasteiger partial charge on any atom is 0.338 e. The standard InChI is InChI=1S/C19H18N4O3/c1-3-25-19(24)16-12(2)26-18(21)15(10-20)17(16)13-4-6-14(7-5-13)23-9-8-22-11-23/h4-9,11,17H,3,21H2,1-2H3. The van der Waals surface area contributed by atoms with Crippen molar-refractivity contribution in [3.63, 3.8) is 0 Å². The van der Waals surface area contributed by atoms with Crippen LogP contribution in [0, 0.1) is 11.3 Å². The first-order valence-electron chi connectivity index (χ1n) is 8.10. The highest BCUT2D eigenvalue weighted by Crippen LogP contribution is 2.39. The summed E-state index contributed by atoms with van der Waals surface area (Å²) in [4.78, 5) is 16.5. The van der Waals surface area contributed by atoms with Gasteiger partial charge in [-0.1, -0.05) is 12.1 Å². The third kappa shape index (κ3) is 3.05.